The molecule has 3 aromatic rings. The molecule has 0 N–H and O–H groups in total. The second kappa shape index (κ2) is 11.7. The van der Waals surface area contributed by atoms with Crippen LogP contribution in [0.2, 0.25) is 0 Å². The Labute approximate surface area is 201 Å². The van der Waals surface area contributed by atoms with Crippen molar-refractivity contribution in [1.82, 2.24) is 0 Å². The van der Waals surface area contributed by atoms with Crippen LogP contribution in [0.1, 0.15) is 16.7 Å². The predicted octanol–water partition coefficient (Wildman–Crippen LogP) is 4.52. The number of aryl methyl sites for hydroxylation is 1. The van der Waals surface area contributed by atoms with Crippen LogP contribution in [-0.4, -0.2) is 40.4 Å². The summed E-state index contributed by atoms with van der Waals surface area (Å²) in [5.41, 5.74) is 3.08. The molecule has 0 bridgehead atoms. The van der Waals surface area contributed by atoms with Gasteiger partial charge in [-0.05, 0) is 30.2 Å². The van der Waals surface area contributed by atoms with Crippen LogP contribution in [-0.2, 0) is 41.7 Å². The highest BCUT2D eigenvalue weighted by molar-refractivity contribution is 7.86. The first-order valence-electron chi connectivity index (χ1n) is 11.4. The minimum Gasteiger partial charge on any atom is -0.376 e. The summed E-state index contributed by atoms with van der Waals surface area (Å²) in [5, 5.41) is 0. The van der Waals surface area contributed by atoms with E-state index in [1.54, 1.807) is 24.3 Å². The van der Waals surface area contributed by atoms with Crippen LogP contribution < -0.4 is 0 Å². The molecule has 0 unspecified atom stereocenters. The molecule has 1 heterocycles. The van der Waals surface area contributed by atoms with E-state index in [-0.39, 0.29) is 23.5 Å². The van der Waals surface area contributed by atoms with Gasteiger partial charge in [-0.2, -0.15) is 8.42 Å². The van der Waals surface area contributed by atoms with Gasteiger partial charge in [0.25, 0.3) is 10.1 Å². The van der Waals surface area contributed by atoms with E-state index in [0.29, 0.717) is 26.4 Å². The molecule has 180 valence electrons. The molecular formula is C27H30O6S. The molecule has 0 aromatic heterocycles. The Morgan fingerprint density at radius 1 is 0.794 bits per heavy atom. The Bertz CT molecular complexity index is 1120. The molecule has 3 aromatic carbocycles. The van der Waals surface area contributed by atoms with E-state index in [9.17, 15) is 8.42 Å². The third-order valence-electron chi connectivity index (χ3n) is 5.81. The quantitative estimate of drug-likeness (QED) is 0.374. The molecule has 1 aliphatic heterocycles. The first-order chi connectivity index (χ1) is 16.5. The molecule has 4 rings (SSSR count). The zero-order valence-corrected chi connectivity index (χ0v) is 20.0. The van der Waals surface area contributed by atoms with Crippen LogP contribution in [0.25, 0.3) is 0 Å². The van der Waals surface area contributed by atoms with Crippen molar-refractivity contribution in [2.24, 2.45) is 5.92 Å². The lowest BCUT2D eigenvalue weighted by molar-refractivity contribution is -0.0255. The Morgan fingerprint density at radius 2 is 1.35 bits per heavy atom. The van der Waals surface area contributed by atoms with E-state index in [4.69, 9.17) is 18.4 Å². The van der Waals surface area contributed by atoms with Crippen LogP contribution >= 0.6 is 0 Å². The Hall–Kier alpha value is -2.55. The SMILES string of the molecule is Cc1ccc(S(=O)(=O)O[C@H]2CO[C@H](COCc3ccccc3)[C@H]2COCc2ccccc2)cc1. The molecule has 6 nitrogen and oxygen atoms in total. The lowest BCUT2D eigenvalue weighted by atomic mass is 10.0. The van der Waals surface area contributed by atoms with Gasteiger partial charge in [0.2, 0.25) is 0 Å². The van der Waals surface area contributed by atoms with Crippen molar-refractivity contribution < 1.29 is 26.8 Å². The molecule has 0 spiro atoms. The maximum absolute atomic E-state index is 12.9. The van der Waals surface area contributed by atoms with Crippen LogP contribution in [0.3, 0.4) is 0 Å². The van der Waals surface area contributed by atoms with Gasteiger partial charge in [0.05, 0.1) is 44.0 Å². The van der Waals surface area contributed by atoms with Gasteiger partial charge in [-0.1, -0.05) is 78.4 Å². The van der Waals surface area contributed by atoms with Gasteiger partial charge >= 0.3 is 0 Å². The third kappa shape index (κ3) is 6.74. The summed E-state index contributed by atoms with van der Waals surface area (Å²) in [6.45, 7) is 3.55. The zero-order valence-electron chi connectivity index (χ0n) is 19.2. The van der Waals surface area contributed by atoms with Gasteiger partial charge in [-0.25, -0.2) is 0 Å². The second-order valence-corrected chi connectivity index (χ2v) is 10.0. The first-order valence-corrected chi connectivity index (χ1v) is 12.8. The molecular weight excluding hydrogens is 452 g/mol. The molecule has 1 fully saturated rings. The van der Waals surface area contributed by atoms with E-state index in [1.807, 2.05) is 67.6 Å². The van der Waals surface area contributed by atoms with Crippen molar-refractivity contribution in [3.63, 3.8) is 0 Å². The van der Waals surface area contributed by atoms with Crippen molar-refractivity contribution in [2.75, 3.05) is 19.8 Å². The van der Waals surface area contributed by atoms with Crippen LogP contribution in [0.4, 0.5) is 0 Å². The normalized spacial score (nSPS) is 20.4. The minimum atomic E-state index is -3.93. The summed E-state index contributed by atoms with van der Waals surface area (Å²) in [6, 6.07) is 26.3. The molecule has 7 heteroatoms. The summed E-state index contributed by atoms with van der Waals surface area (Å²) >= 11 is 0. The number of hydrogen-bond donors (Lipinski definition) is 0. The standard InChI is InChI=1S/C27H30O6S/c1-21-12-14-24(15-13-21)34(28,29)33-27-20-32-26(19-31-17-23-10-6-3-7-11-23)25(27)18-30-16-22-8-4-2-5-9-22/h2-15,25-27H,16-20H2,1H3/t25-,26-,27+/m1/s1. The highest BCUT2D eigenvalue weighted by atomic mass is 32.2. The zero-order chi connectivity index (χ0) is 23.8. The summed E-state index contributed by atoms with van der Waals surface area (Å²) in [4.78, 5) is 0.130. The Morgan fingerprint density at radius 3 is 1.94 bits per heavy atom. The van der Waals surface area contributed by atoms with Gasteiger partial charge in [-0.15, -0.1) is 0 Å². The smallest absolute Gasteiger partial charge is 0.297 e. The van der Waals surface area contributed by atoms with E-state index in [2.05, 4.69) is 0 Å². The topological polar surface area (TPSA) is 71.1 Å². The van der Waals surface area contributed by atoms with Gasteiger partial charge in [0.15, 0.2) is 0 Å². The fourth-order valence-corrected chi connectivity index (χ4v) is 4.97. The molecule has 1 aliphatic rings. The van der Waals surface area contributed by atoms with Crippen molar-refractivity contribution >= 4 is 10.1 Å². The molecule has 3 atom stereocenters. The Balaban J connectivity index is 1.41. The number of hydrogen-bond acceptors (Lipinski definition) is 6. The number of ether oxygens (including phenoxy) is 3. The fraction of sp³-hybridized carbons (Fsp3) is 0.333. The van der Waals surface area contributed by atoms with Gasteiger partial charge in [0.1, 0.15) is 6.10 Å². The van der Waals surface area contributed by atoms with Crippen molar-refractivity contribution in [2.45, 2.75) is 37.2 Å². The Kier molecular flexibility index (Phi) is 8.48. The minimum absolute atomic E-state index is 0.130. The van der Waals surface area contributed by atoms with Gasteiger partial charge in [-0.3, -0.25) is 4.18 Å². The largest absolute Gasteiger partial charge is 0.376 e. The maximum Gasteiger partial charge on any atom is 0.297 e. The highest BCUT2D eigenvalue weighted by Crippen LogP contribution is 2.29. The molecule has 0 aliphatic carbocycles. The second-order valence-electron chi connectivity index (χ2n) is 8.44. The van der Waals surface area contributed by atoms with E-state index in [0.717, 1.165) is 16.7 Å². The monoisotopic (exact) mass is 482 g/mol. The molecule has 0 saturated carbocycles. The lowest BCUT2D eigenvalue weighted by Gasteiger charge is -2.23. The molecule has 0 radical (unpaired) electrons. The van der Waals surface area contributed by atoms with E-state index >= 15 is 0 Å². The molecule has 34 heavy (non-hydrogen) atoms. The average Bonchev–Trinajstić information content (AvgIpc) is 3.21. The lowest BCUT2D eigenvalue weighted by Crippen LogP contribution is -2.34. The predicted molar refractivity (Wildman–Crippen MR) is 129 cm³/mol. The van der Waals surface area contributed by atoms with E-state index in [1.165, 1.54) is 0 Å². The van der Waals surface area contributed by atoms with Gasteiger partial charge in [0, 0.05) is 5.92 Å². The van der Waals surface area contributed by atoms with Crippen LogP contribution in [0, 0.1) is 12.8 Å². The van der Waals surface area contributed by atoms with Crippen molar-refractivity contribution in [1.29, 1.82) is 0 Å². The summed E-state index contributed by atoms with van der Waals surface area (Å²) in [7, 11) is -3.93. The van der Waals surface area contributed by atoms with Crippen LogP contribution in [0.5, 0.6) is 0 Å². The molecule has 0 amide bonds. The van der Waals surface area contributed by atoms with Crippen molar-refractivity contribution in [3.8, 4) is 0 Å². The average molecular weight is 483 g/mol. The number of rotatable bonds is 11. The molecule has 1 saturated heterocycles. The fourth-order valence-electron chi connectivity index (χ4n) is 3.87. The summed E-state index contributed by atoms with van der Waals surface area (Å²) in [6.07, 6.45) is -0.995. The van der Waals surface area contributed by atoms with Crippen molar-refractivity contribution in [3.05, 3.63) is 102 Å². The summed E-state index contributed by atoms with van der Waals surface area (Å²) < 4.78 is 49.2. The first kappa shape index (κ1) is 24.6. The number of benzene rings is 3. The summed E-state index contributed by atoms with van der Waals surface area (Å²) in [5.74, 6) is -0.292. The third-order valence-corrected chi connectivity index (χ3v) is 7.16. The van der Waals surface area contributed by atoms with Gasteiger partial charge < -0.3 is 14.2 Å². The maximum atomic E-state index is 12.9. The highest BCUT2D eigenvalue weighted by Gasteiger charge is 2.41. The van der Waals surface area contributed by atoms with E-state index < -0.39 is 16.2 Å². The van der Waals surface area contributed by atoms with Crippen LogP contribution in [0.15, 0.2) is 89.8 Å².